The van der Waals surface area contributed by atoms with Crippen LogP contribution in [0.1, 0.15) is 0 Å². The summed E-state index contributed by atoms with van der Waals surface area (Å²) < 4.78 is 1.86. The summed E-state index contributed by atoms with van der Waals surface area (Å²) >= 11 is 0. The molecule has 9 heteroatoms. The maximum atomic E-state index is 11.7. The highest BCUT2D eigenvalue weighted by molar-refractivity contribution is 5.71. The topological polar surface area (TPSA) is 116 Å². The molecule has 0 spiro atoms. The molecule has 16 heavy (non-hydrogen) atoms. The number of nitro groups is 1. The minimum absolute atomic E-state index is 0.00574. The van der Waals surface area contributed by atoms with Crippen molar-refractivity contribution in [3.63, 3.8) is 0 Å². The quantitative estimate of drug-likeness (QED) is 0.486. The largest absolute Gasteiger partial charge is 0.437 e. The van der Waals surface area contributed by atoms with E-state index in [1.54, 1.807) is 0 Å². The summed E-state index contributed by atoms with van der Waals surface area (Å²) in [6, 6.07) is 0. The second kappa shape index (κ2) is 3.02. The van der Waals surface area contributed by atoms with Crippen LogP contribution in [0.3, 0.4) is 0 Å². The van der Waals surface area contributed by atoms with E-state index in [1.165, 1.54) is 14.1 Å². The van der Waals surface area contributed by atoms with Gasteiger partial charge in [-0.15, -0.1) is 0 Å². The number of fused-ring (bicyclic) bond motifs is 1. The first-order valence-electron chi connectivity index (χ1n) is 4.23. The van der Waals surface area contributed by atoms with Gasteiger partial charge in [-0.05, 0) is 9.91 Å². The van der Waals surface area contributed by atoms with E-state index in [0.717, 1.165) is 9.13 Å². The first-order chi connectivity index (χ1) is 7.43. The van der Waals surface area contributed by atoms with Crippen molar-refractivity contribution < 1.29 is 4.92 Å². The van der Waals surface area contributed by atoms with E-state index in [9.17, 15) is 19.7 Å². The minimum atomic E-state index is -0.724. The SMILES string of the molecule is Cn1c(=O)[nH]c2nc([N+](=O)[O-])n(C)c2c1=O. The van der Waals surface area contributed by atoms with Crippen LogP contribution in [-0.4, -0.2) is 24.0 Å². The molecule has 1 N–H and O–H groups in total. The zero-order valence-corrected chi connectivity index (χ0v) is 8.42. The second-order valence-corrected chi connectivity index (χ2v) is 3.22. The summed E-state index contributed by atoms with van der Waals surface area (Å²) in [6.07, 6.45) is 0. The van der Waals surface area contributed by atoms with Crippen molar-refractivity contribution in [2.24, 2.45) is 14.1 Å². The Balaban J connectivity index is 3.05. The van der Waals surface area contributed by atoms with Gasteiger partial charge in [0.15, 0.2) is 0 Å². The summed E-state index contributed by atoms with van der Waals surface area (Å²) in [5.41, 5.74) is -1.37. The molecule has 0 aliphatic carbocycles. The van der Waals surface area contributed by atoms with Crippen LogP contribution in [0.5, 0.6) is 0 Å². The summed E-state index contributed by atoms with van der Waals surface area (Å²) in [7, 11) is 2.62. The van der Waals surface area contributed by atoms with Crippen LogP contribution in [0.2, 0.25) is 0 Å². The highest BCUT2D eigenvalue weighted by Crippen LogP contribution is 2.13. The van der Waals surface area contributed by atoms with Gasteiger partial charge < -0.3 is 10.1 Å². The first-order valence-corrected chi connectivity index (χ1v) is 4.23. The number of imidazole rings is 1. The highest BCUT2D eigenvalue weighted by atomic mass is 16.6. The Morgan fingerprint density at radius 3 is 2.50 bits per heavy atom. The molecular weight excluding hydrogens is 218 g/mol. The van der Waals surface area contributed by atoms with Gasteiger partial charge in [0.25, 0.3) is 11.2 Å². The molecule has 0 aromatic carbocycles. The van der Waals surface area contributed by atoms with E-state index in [-0.39, 0.29) is 11.2 Å². The van der Waals surface area contributed by atoms with Gasteiger partial charge in [0.2, 0.25) is 5.52 Å². The van der Waals surface area contributed by atoms with E-state index in [1.807, 2.05) is 0 Å². The van der Waals surface area contributed by atoms with Crippen molar-refractivity contribution in [3.8, 4) is 0 Å². The zero-order chi connectivity index (χ0) is 12.0. The Hall–Kier alpha value is -2.45. The molecule has 0 bridgehead atoms. The molecule has 2 heterocycles. The van der Waals surface area contributed by atoms with E-state index in [2.05, 4.69) is 9.97 Å². The fraction of sp³-hybridized carbons (Fsp3) is 0.286. The third-order valence-electron chi connectivity index (χ3n) is 2.27. The number of nitrogens with zero attached hydrogens (tertiary/aromatic N) is 4. The van der Waals surface area contributed by atoms with Crippen LogP contribution in [0, 0.1) is 10.1 Å². The maximum absolute atomic E-state index is 11.7. The van der Waals surface area contributed by atoms with Gasteiger partial charge in [-0.25, -0.2) is 9.36 Å². The third kappa shape index (κ3) is 1.14. The van der Waals surface area contributed by atoms with Crippen LogP contribution in [0.4, 0.5) is 5.95 Å². The summed E-state index contributed by atoms with van der Waals surface area (Å²) in [4.78, 5) is 38.6. The van der Waals surface area contributed by atoms with Crippen LogP contribution in [-0.2, 0) is 14.1 Å². The molecule has 0 amide bonds. The molecule has 0 atom stereocenters. The first kappa shape index (κ1) is 10.1. The van der Waals surface area contributed by atoms with Gasteiger partial charge in [-0.2, -0.15) is 0 Å². The molecule has 9 nitrogen and oxygen atoms in total. The molecular formula is C7H7N5O4. The molecule has 0 radical (unpaired) electrons. The second-order valence-electron chi connectivity index (χ2n) is 3.22. The van der Waals surface area contributed by atoms with Crippen LogP contribution < -0.4 is 11.2 Å². The fourth-order valence-corrected chi connectivity index (χ4v) is 1.42. The Morgan fingerprint density at radius 2 is 1.94 bits per heavy atom. The molecule has 0 aliphatic rings. The molecule has 0 aliphatic heterocycles. The minimum Gasteiger partial charge on any atom is -0.390 e. The van der Waals surface area contributed by atoms with Gasteiger partial charge in [0, 0.05) is 7.05 Å². The Morgan fingerprint density at radius 1 is 1.31 bits per heavy atom. The summed E-state index contributed by atoms with van der Waals surface area (Å²) in [5, 5.41) is 10.6. The molecule has 2 rings (SSSR count). The van der Waals surface area contributed by atoms with Crippen molar-refractivity contribution in [3.05, 3.63) is 31.0 Å². The number of hydrogen-bond acceptors (Lipinski definition) is 5. The normalized spacial score (nSPS) is 10.9. The summed E-state index contributed by atoms with van der Waals surface area (Å²) in [5.74, 6) is -0.492. The lowest BCUT2D eigenvalue weighted by Crippen LogP contribution is -2.33. The van der Waals surface area contributed by atoms with Gasteiger partial charge in [-0.3, -0.25) is 14.3 Å². The van der Waals surface area contributed by atoms with E-state index >= 15 is 0 Å². The monoisotopic (exact) mass is 225 g/mol. The number of aromatic amines is 1. The predicted octanol–water partition coefficient (Wildman–Crippen LogP) is -1.13. The van der Waals surface area contributed by atoms with Crippen LogP contribution >= 0.6 is 0 Å². The zero-order valence-electron chi connectivity index (χ0n) is 8.42. The lowest BCUT2D eigenvalue weighted by molar-refractivity contribution is -0.396. The molecule has 2 aromatic rings. The van der Waals surface area contributed by atoms with Crippen molar-refractivity contribution in [1.82, 2.24) is 19.1 Å². The fourth-order valence-electron chi connectivity index (χ4n) is 1.42. The van der Waals surface area contributed by atoms with E-state index in [0.29, 0.717) is 0 Å². The standard InChI is InChI=1S/C7H7N5O4/c1-10-3-4(8-6(10)12(15)16)9-7(14)11(2)5(3)13/h1-2H3,(H,9,14). The number of aromatic nitrogens is 4. The number of aryl methyl sites for hydroxylation is 1. The van der Waals surface area contributed by atoms with Crippen LogP contribution in [0.25, 0.3) is 11.2 Å². The number of rotatable bonds is 1. The average Bonchev–Trinajstić information content (AvgIpc) is 2.52. The lowest BCUT2D eigenvalue weighted by atomic mass is 10.5. The van der Waals surface area contributed by atoms with Crippen molar-refractivity contribution in [2.75, 3.05) is 0 Å². The molecule has 0 saturated heterocycles. The molecule has 0 unspecified atom stereocenters. The molecule has 0 saturated carbocycles. The smallest absolute Gasteiger partial charge is 0.390 e. The van der Waals surface area contributed by atoms with Crippen molar-refractivity contribution in [2.45, 2.75) is 0 Å². The van der Waals surface area contributed by atoms with Gasteiger partial charge in [-0.1, -0.05) is 0 Å². The number of hydrogen-bond donors (Lipinski definition) is 1. The van der Waals surface area contributed by atoms with Gasteiger partial charge in [0.05, 0.1) is 7.05 Å². The van der Waals surface area contributed by atoms with Crippen molar-refractivity contribution >= 4 is 17.1 Å². The summed E-state index contributed by atoms with van der Waals surface area (Å²) in [6.45, 7) is 0. The predicted molar refractivity (Wildman–Crippen MR) is 53.2 cm³/mol. The number of H-pyrrole nitrogens is 1. The Labute approximate surface area is 87.1 Å². The van der Waals surface area contributed by atoms with Crippen LogP contribution in [0.15, 0.2) is 9.59 Å². The Kier molecular flexibility index (Phi) is 1.90. The lowest BCUT2D eigenvalue weighted by Gasteiger charge is -1.94. The van der Waals surface area contributed by atoms with Gasteiger partial charge in [0.1, 0.15) is 0 Å². The number of nitrogens with one attached hydrogen (secondary N) is 1. The Bertz CT molecular complexity index is 706. The van der Waals surface area contributed by atoms with E-state index in [4.69, 9.17) is 0 Å². The molecule has 0 fully saturated rings. The van der Waals surface area contributed by atoms with E-state index < -0.39 is 22.1 Å². The average molecular weight is 225 g/mol. The molecule has 84 valence electrons. The maximum Gasteiger partial charge on any atom is 0.437 e. The van der Waals surface area contributed by atoms with Crippen molar-refractivity contribution in [1.29, 1.82) is 0 Å². The van der Waals surface area contributed by atoms with Gasteiger partial charge >= 0.3 is 11.6 Å². The highest BCUT2D eigenvalue weighted by Gasteiger charge is 2.23. The third-order valence-corrected chi connectivity index (χ3v) is 2.27. The molecule has 2 aromatic heterocycles.